The van der Waals surface area contributed by atoms with Gasteiger partial charge in [0, 0.05) is 17.7 Å². The summed E-state index contributed by atoms with van der Waals surface area (Å²) in [6, 6.07) is 8.62. The van der Waals surface area contributed by atoms with E-state index in [0.29, 0.717) is 12.0 Å². The highest BCUT2D eigenvalue weighted by molar-refractivity contribution is 5.71. The third-order valence-electron chi connectivity index (χ3n) is 5.84. The van der Waals surface area contributed by atoms with Gasteiger partial charge in [-0.3, -0.25) is 0 Å². The first-order valence-electron chi connectivity index (χ1n) is 10.6. The van der Waals surface area contributed by atoms with E-state index < -0.39 is 46.5 Å². The van der Waals surface area contributed by atoms with Crippen LogP contribution in [0.1, 0.15) is 37.3 Å². The van der Waals surface area contributed by atoms with E-state index in [1.54, 1.807) is 24.3 Å². The molecule has 1 atom stereocenters. The fourth-order valence-corrected chi connectivity index (χ4v) is 3.88. The maximum atomic E-state index is 14.8. The van der Waals surface area contributed by atoms with Crippen molar-refractivity contribution in [2.75, 3.05) is 0 Å². The summed E-state index contributed by atoms with van der Waals surface area (Å²) in [5.41, 5.74) is 0.679. The van der Waals surface area contributed by atoms with Crippen molar-refractivity contribution >= 4 is 5.57 Å². The first-order valence-corrected chi connectivity index (χ1v) is 10.6. The summed E-state index contributed by atoms with van der Waals surface area (Å²) in [5.74, 6) is -9.30. The van der Waals surface area contributed by atoms with E-state index in [4.69, 9.17) is 0 Å². The van der Waals surface area contributed by atoms with E-state index in [9.17, 15) is 30.7 Å². The third-order valence-corrected chi connectivity index (χ3v) is 5.84. The number of halogens is 7. The standard InChI is InChI=1S/C26H19F7O/c1-14-2-4-15(5-3-14)16-6-8-17(9-7-16)19-10-11-20(24(30)23(19)29)26(32,33)34-18-12-21(27)25(31)22(28)13-18/h4,6-14H,2-3,5H2,1H3. The molecule has 0 saturated heterocycles. The number of alkyl halides is 2. The fraction of sp³-hybridized carbons (Fsp3) is 0.231. The van der Waals surface area contributed by atoms with Crippen molar-refractivity contribution in [3.05, 3.63) is 94.8 Å². The second-order valence-electron chi connectivity index (χ2n) is 8.29. The van der Waals surface area contributed by atoms with Crippen molar-refractivity contribution in [2.24, 2.45) is 5.92 Å². The molecular formula is C26H19F7O. The van der Waals surface area contributed by atoms with Crippen LogP contribution in [0.2, 0.25) is 0 Å². The molecule has 0 bridgehead atoms. The number of ether oxygens (including phenoxy) is 1. The molecule has 0 N–H and O–H groups in total. The minimum Gasteiger partial charge on any atom is -0.429 e. The van der Waals surface area contributed by atoms with Gasteiger partial charge >= 0.3 is 6.11 Å². The smallest absolute Gasteiger partial charge is 0.429 e. The van der Waals surface area contributed by atoms with Gasteiger partial charge in [0.1, 0.15) is 11.3 Å². The van der Waals surface area contributed by atoms with Crippen LogP contribution in [0.15, 0.2) is 54.6 Å². The van der Waals surface area contributed by atoms with Gasteiger partial charge in [-0.2, -0.15) is 8.78 Å². The Labute approximate surface area is 191 Å². The average molecular weight is 480 g/mol. The predicted molar refractivity (Wildman–Crippen MR) is 114 cm³/mol. The molecule has 0 heterocycles. The molecule has 1 unspecified atom stereocenters. The van der Waals surface area contributed by atoms with Crippen molar-refractivity contribution in [3.8, 4) is 16.9 Å². The maximum Gasteiger partial charge on any atom is 0.429 e. The van der Waals surface area contributed by atoms with Gasteiger partial charge in [0.15, 0.2) is 29.1 Å². The zero-order chi connectivity index (χ0) is 24.6. The molecule has 34 heavy (non-hydrogen) atoms. The van der Waals surface area contributed by atoms with Crippen molar-refractivity contribution in [2.45, 2.75) is 32.3 Å². The van der Waals surface area contributed by atoms with E-state index in [2.05, 4.69) is 17.7 Å². The summed E-state index contributed by atoms with van der Waals surface area (Å²) in [5, 5.41) is 0. The molecule has 0 aliphatic heterocycles. The molecule has 3 aromatic carbocycles. The molecule has 0 fully saturated rings. The van der Waals surface area contributed by atoms with Crippen LogP contribution < -0.4 is 4.74 Å². The Morgan fingerprint density at radius 3 is 2.00 bits per heavy atom. The highest BCUT2D eigenvalue weighted by Gasteiger charge is 2.40. The van der Waals surface area contributed by atoms with Gasteiger partial charge in [-0.05, 0) is 47.9 Å². The van der Waals surface area contributed by atoms with Crippen LogP contribution in [0.25, 0.3) is 16.7 Å². The molecule has 3 aromatic rings. The second-order valence-corrected chi connectivity index (χ2v) is 8.29. The van der Waals surface area contributed by atoms with Gasteiger partial charge in [-0.25, -0.2) is 22.0 Å². The molecule has 0 radical (unpaired) electrons. The van der Waals surface area contributed by atoms with E-state index >= 15 is 0 Å². The molecule has 1 aliphatic carbocycles. The number of rotatable bonds is 5. The van der Waals surface area contributed by atoms with Crippen molar-refractivity contribution in [3.63, 3.8) is 0 Å². The quantitative estimate of drug-likeness (QED) is 0.263. The van der Waals surface area contributed by atoms with Crippen LogP contribution in [-0.2, 0) is 6.11 Å². The van der Waals surface area contributed by atoms with Gasteiger partial charge in [0.25, 0.3) is 0 Å². The molecule has 8 heteroatoms. The van der Waals surface area contributed by atoms with E-state index in [-0.39, 0.29) is 23.3 Å². The van der Waals surface area contributed by atoms with Crippen LogP contribution in [-0.4, -0.2) is 0 Å². The Bertz CT molecular complexity index is 1230. The van der Waals surface area contributed by atoms with Gasteiger partial charge in [-0.1, -0.05) is 43.3 Å². The highest BCUT2D eigenvalue weighted by Crippen LogP contribution is 2.38. The van der Waals surface area contributed by atoms with Crippen LogP contribution in [0, 0.1) is 35.0 Å². The first kappa shape index (κ1) is 23.9. The third kappa shape index (κ3) is 4.67. The van der Waals surface area contributed by atoms with Crippen molar-refractivity contribution in [1.29, 1.82) is 0 Å². The lowest BCUT2D eigenvalue weighted by molar-refractivity contribution is -0.187. The molecule has 4 rings (SSSR count). The Morgan fingerprint density at radius 2 is 1.41 bits per heavy atom. The second kappa shape index (κ2) is 9.16. The summed E-state index contributed by atoms with van der Waals surface area (Å²) in [7, 11) is 0. The highest BCUT2D eigenvalue weighted by atomic mass is 19.3. The molecule has 1 aliphatic rings. The average Bonchev–Trinajstić information content (AvgIpc) is 2.79. The summed E-state index contributed by atoms with van der Waals surface area (Å²) >= 11 is 0. The van der Waals surface area contributed by atoms with Crippen LogP contribution in [0.3, 0.4) is 0 Å². The van der Waals surface area contributed by atoms with E-state index in [1.807, 2.05) is 0 Å². The Morgan fingerprint density at radius 1 is 0.794 bits per heavy atom. The normalized spacial score (nSPS) is 16.4. The number of hydrogen-bond donors (Lipinski definition) is 0. The molecule has 178 valence electrons. The van der Waals surface area contributed by atoms with Crippen molar-refractivity contribution < 1.29 is 35.5 Å². The zero-order valence-electron chi connectivity index (χ0n) is 17.9. The Hall–Kier alpha value is -3.29. The van der Waals surface area contributed by atoms with Gasteiger partial charge < -0.3 is 4.74 Å². The molecule has 1 nitrogen and oxygen atoms in total. The van der Waals surface area contributed by atoms with Crippen molar-refractivity contribution in [1.82, 2.24) is 0 Å². The lowest BCUT2D eigenvalue weighted by Crippen LogP contribution is -2.24. The van der Waals surface area contributed by atoms with Gasteiger partial charge in [-0.15, -0.1) is 0 Å². The fourth-order valence-electron chi connectivity index (χ4n) is 3.88. The van der Waals surface area contributed by atoms with Crippen LogP contribution >= 0.6 is 0 Å². The Balaban J connectivity index is 1.60. The van der Waals surface area contributed by atoms with Crippen LogP contribution in [0.5, 0.6) is 5.75 Å². The summed E-state index contributed by atoms with van der Waals surface area (Å²) in [6.07, 6.45) is 0.594. The number of allylic oxidation sites excluding steroid dienone is 2. The van der Waals surface area contributed by atoms with Gasteiger partial charge in [0.05, 0.1) is 0 Å². The summed E-state index contributed by atoms with van der Waals surface area (Å²) < 4.78 is 102. The zero-order valence-corrected chi connectivity index (χ0v) is 17.9. The first-order chi connectivity index (χ1) is 16.1. The summed E-state index contributed by atoms with van der Waals surface area (Å²) in [6.45, 7) is 2.17. The van der Waals surface area contributed by atoms with E-state index in [1.165, 1.54) is 0 Å². The summed E-state index contributed by atoms with van der Waals surface area (Å²) in [4.78, 5) is 0. The Kier molecular flexibility index (Phi) is 6.43. The lowest BCUT2D eigenvalue weighted by atomic mass is 9.87. The SMILES string of the molecule is CC1CC=C(c2ccc(-c3ccc(C(F)(F)Oc4cc(F)c(F)c(F)c4)c(F)c3F)cc2)CC1. The van der Waals surface area contributed by atoms with Crippen LogP contribution in [0.4, 0.5) is 30.7 Å². The monoisotopic (exact) mass is 480 g/mol. The number of hydrogen-bond acceptors (Lipinski definition) is 1. The maximum absolute atomic E-state index is 14.8. The molecule has 0 spiro atoms. The van der Waals surface area contributed by atoms with Gasteiger partial charge in [0.2, 0.25) is 0 Å². The topological polar surface area (TPSA) is 9.23 Å². The molecule has 0 aromatic heterocycles. The predicted octanol–water partition coefficient (Wildman–Crippen LogP) is 8.38. The molecule has 0 amide bonds. The van der Waals surface area contributed by atoms with E-state index in [0.717, 1.165) is 36.5 Å². The lowest BCUT2D eigenvalue weighted by Gasteiger charge is -2.20. The number of benzene rings is 3. The molecular weight excluding hydrogens is 461 g/mol. The minimum absolute atomic E-state index is 0.179. The minimum atomic E-state index is -4.49. The molecule has 0 saturated carbocycles. The largest absolute Gasteiger partial charge is 0.429 e.